The average molecular weight is 385 g/mol. The van der Waals surface area contributed by atoms with Crippen LogP contribution >= 0.6 is 15.9 Å². The summed E-state index contributed by atoms with van der Waals surface area (Å²) in [6, 6.07) is 9.25. The van der Waals surface area contributed by atoms with Crippen LogP contribution < -0.4 is 0 Å². The fraction of sp³-hybridized carbons (Fsp3) is 0.0667. The highest BCUT2D eigenvalue weighted by atomic mass is 79.9. The molecule has 2 aromatic carbocycles. The van der Waals surface area contributed by atoms with E-state index in [0.717, 1.165) is 12.1 Å². The van der Waals surface area contributed by atoms with Crippen molar-refractivity contribution in [3.8, 4) is 28.6 Å². The maximum Gasteiger partial charge on any atom is 0.416 e. The molecule has 0 radical (unpaired) electrons. The molecule has 0 bridgehead atoms. The summed E-state index contributed by atoms with van der Waals surface area (Å²) in [5.74, 6) is -0.0610. The number of alkyl halides is 3. The van der Waals surface area contributed by atoms with E-state index in [0.29, 0.717) is 4.47 Å². The molecule has 0 saturated carbocycles. The second-order valence-corrected chi connectivity index (χ2v) is 5.58. The predicted octanol–water partition coefficient (Wildman–Crippen LogP) is 4.89. The van der Waals surface area contributed by atoms with Crippen molar-refractivity contribution in [1.29, 1.82) is 0 Å². The Morgan fingerprint density at radius 1 is 1.09 bits per heavy atom. The standard InChI is InChI=1S/C15H8BrF3N2O2/c16-10-4-5-12(22)11(7-10)14-20-13(21-23-14)8-2-1-3-9(6-8)15(17,18)19/h1-7,22H. The van der Waals surface area contributed by atoms with Crippen LogP contribution in [0.5, 0.6) is 5.75 Å². The molecule has 0 aliphatic rings. The van der Waals surface area contributed by atoms with E-state index in [4.69, 9.17) is 4.52 Å². The van der Waals surface area contributed by atoms with E-state index in [9.17, 15) is 18.3 Å². The van der Waals surface area contributed by atoms with E-state index >= 15 is 0 Å². The molecule has 0 amide bonds. The second kappa shape index (κ2) is 5.69. The van der Waals surface area contributed by atoms with Gasteiger partial charge in [0, 0.05) is 10.0 Å². The predicted molar refractivity (Wildman–Crippen MR) is 79.5 cm³/mol. The van der Waals surface area contributed by atoms with Crippen molar-refractivity contribution in [3.63, 3.8) is 0 Å². The van der Waals surface area contributed by atoms with Crippen LogP contribution in [0.25, 0.3) is 22.8 Å². The van der Waals surface area contributed by atoms with Crippen LogP contribution in [0.15, 0.2) is 51.5 Å². The van der Waals surface area contributed by atoms with E-state index in [1.807, 2.05) is 0 Å². The molecule has 8 heteroatoms. The molecule has 1 heterocycles. The van der Waals surface area contributed by atoms with Crippen LogP contribution in [0.1, 0.15) is 5.56 Å². The van der Waals surface area contributed by atoms with E-state index in [2.05, 4.69) is 26.1 Å². The maximum absolute atomic E-state index is 12.7. The number of phenolic OH excluding ortho intramolecular Hbond substituents is 1. The topological polar surface area (TPSA) is 59.2 Å². The quantitative estimate of drug-likeness (QED) is 0.683. The minimum Gasteiger partial charge on any atom is -0.507 e. The van der Waals surface area contributed by atoms with Crippen LogP contribution in [0.3, 0.4) is 0 Å². The molecule has 0 aliphatic heterocycles. The van der Waals surface area contributed by atoms with Gasteiger partial charge < -0.3 is 9.63 Å². The van der Waals surface area contributed by atoms with Crippen molar-refractivity contribution in [2.45, 2.75) is 6.18 Å². The van der Waals surface area contributed by atoms with Crippen molar-refractivity contribution in [2.75, 3.05) is 0 Å². The van der Waals surface area contributed by atoms with Crippen LogP contribution in [-0.2, 0) is 6.18 Å². The molecule has 4 nitrogen and oxygen atoms in total. The molecular formula is C15H8BrF3N2O2. The van der Waals surface area contributed by atoms with Crippen LogP contribution in [0.2, 0.25) is 0 Å². The minimum atomic E-state index is -4.45. The monoisotopic (exact) mass is 384 g/mol. The van der Waals surface area contributed by atoms with Gasteiger partial charge in [0.1, 0.15) is 5.75 Å². The smallest absolute Gasteiger partial charge is 0.416 e. The van der Waals surface area contributed by atoms with Gasteiger partial charge in [0.05, 0.1) is 11.1 Å². The highest BCUT2D eigenvalue weighted by Gasteiger charge is 2.30. The van der Waals surface area contributed by atoms with Gasteiger partial charge in [-0.1, -0.05) is 33.2 Å². The Hall–Kier alpha value is -2.35. The first-order chi connectivity index (χ1) is 10.8. The molecule has 3 rings (SSSR count). The third-order valence-corrected chi connectivity index (χ3v) is 3.56. The number of rotatable bonds is 2. The number of nitrogens with zero attached hydrogens (tertiary/aromatic N) is 2. The molecule has 0 atom stereocenters. The lowest BCUT2D eigenvalue weighted by molar-refractivity contribution is -0.137. The summed E-state index contributed by atoms with van der Waals surface area (Å²) in [5, 5.41) is 13.5. The Morgan fingerprint density at radius 2 is 1.87 bits per heavy atom. The fourth-order valence-electron chi connectivity index (χ4n) is 1.96. The number of halogens is 4. The van der Waals surface area contributed by atoms with Gasteiger partial charge in [-0.15, -0.1) is 0 Å². The summed E-state index contributed by atoms with van der Waals surface area (Å²) >= 11 is 3.25. The van der Waals surface area contributed by atoms with E-state index in [-0.39, 0.29) is 28.6 Å². The lowest BCUT2D eigenvalue weighted by Crippen LogP contribution is -2.04. The molecular weight excluding hydrogens is 377 g/mol. The highest BCUT2D eigenvalue weighted by Crippen LogP contribution is 2.34. The number of hydrogen-bond acceptors (Lipinski definition) is 4. The number of hydrogen-bond donors (Lipinski definition) is 1. The molecule has 1 aromatic heterocycles. The molecule has 3 aromatic rings. The zero-order valence-corrected chi connectivity index (χ0v) is 12.9. The van der Waals surface area contributed by atoms with Gasteiger partial charge in [-0.3, -0.25) is 0 Å². The number of benzene rings is 2. The highest BCUT2D eigenvalue weighted by molar-refractivity contribution is 9.10. The lowest BCUT2D eigenvalue weighted by Gasteiger charge is -2.06. The van der Waals surface area contributed by atoms with Crippen molar-refractivity contribution < 1.29 is 22.8 Å². The Bertz CT molecular complexity index is 862. The minimum absolute atomic E-state index is 0.00507. The van der Waals surface area contributed by atoms with Crippen LogP contribution in [0.4, 0.5) is 13.2 Å². The first kappa shape index (κ1) is 15.5. The first-order valence-corrected chi connectivity index (χ1v) is 7.14. The van der Waals surface area contributed by atoms with Gasteiger partial charge in [0.15, 0.2) is 0 Å². The maximum atomic E-state index is 12.7. The third-order valence-electron chi connectivity index (χ3n) is 3.06. The summed E-state index contributed by atoms with van der Waals surface area (Å²) in [7, 11) is 0. The Kier molecular flexibility index (Phi) is 3.85. The van der Waals surface area contributed by atoms with Crippen molar-refractivity contribution >= 4 is 15.9 Å². The summed E-state index contributed by atoms with van der Waals surface area (Å²) in [5.41, 5.74) is -0.346. The third kappa shape index (κ3) is 3.21. The van der Waals surface area contributed by atoms with Crippen molar-refractivity contribution in [1.82, 2.24) is 10.1 Å². The number of aromatic nitrogens is 2. The average Bonchev–Trinajstić information content (AvgIpc) is 2.99. The molecule has 0 unspecified atom stereocenters. The Morgan fingerprint density at radius 3 is 2.61 bits per heavy atom. The van der Waals surface area contributed by atoms with Crippen molar-refractivity contribution in [3.05, 3.63) is 52.5 Å². The summed E-state index contributed by atoms with van der Waals surface area (Å²) in [6.07, 6.45) is -4.45. The lowest BCUT2D eigenvalue weighted by atomic mass is 10.1. The molecule has 118 valence electrons. The van der Waals surface area contributed by atoms with E-state index < -0.39 is 11.7 Å². The summed E-state index contributed by atoms with van der Waals surface area (Å²) < 4.78 is 44.0. The van der Waals surface area contributed by atoms with Gasteiger partial charge >= 0.3 is 6.18 Å². The second-order valence-electron chi connectivity index (χ2n) is 4.66. The van der Waals surface area contributed by atoms with E-state index in [1.54, 1.807) is 12.1 Å². The van der Waals surface area contributed by atoms with Gasteiger partial charge in [0.25, 0.3) is 5.89 Å². The molecule has 0 saturated heterocycles. The molecule has 1 N–H and O–H groups in total. The Labute approximate surface area is 136 Å². The zero-order valence-electron chi connectivity index (χ0n) is 11.3. The summed E-state index contributed by atoms with van der Waals surface area (Å²) in [4.78, 5) is 4.05. The van der Waals surface area contributed by atoms with Crippen molar-refractivity contribution in [2.24, 2.45) is 0 Å². The molecule has 23 heavy (non-hydrogen) atoms. The van der Waals surface area contributed by atoms with Gasteiger partial charge in [-0.2, -0.15) is 18.2 Å². The SMILES string of the molecule is Oc1ccc(Br)cc1-c1nc(-c2cccc(C(F)(F)F)c2)no1. The van der Waals surface area contributed by atoms with Crippen LogP contribution in [0, 0.1) is 0 Å². The van der Waals surface area contributed by atoms with Gasteiger partial charge in [0.2, 0.25) is 5.82 Å². The van der Waals surface area contributed by atoms with E-state index in [1.165, 1.54) is 18.2 Å². The summed E-state index contributed by atoms with van der Waals surface area (Å²) in [6.45, 7) is 0. The molecule has 0 fully saturated rings. The first-order valence-electron chi connectivity index (χ1n) is 6.35. The van der Waals surface area contributed by atoms with Crippen LogP contribution in [-0.4, -0.2) is 15.2 Å². The largest absolute Gasteiger partial charge is 0.507 e. The van der Waals surface area contributed by atoms with Gasteiger partial charge in [-0.25, -0.2) is 0 Å². The number of phenols is 1. The Balaban J connectivity index is 2.01. The fourth-order valence-corrected chi connectivity index (χ4v) is 2.33. The number of aromatic hydroxyl groups is 1. The zero-order chi connectivity index (χ0) is 16.6. The molecule has 0 aliphatic carbocycles. The normalized spacial score (nSPS) is 11.7. The van der Waals surface area contributed by atoms with Gasteiger partial charge in [-0.05, 0) is 30.3 Å². The molecule has 0 spiro atoms.